The third kappa shape index (κ3) is 5.23. The van der Waals surface area contributed by atoms with Crippen LogP contribution in [0.4, 0.5) is 0 Å². The zero-order valence-electron chi connectivity index (χ0n) is 17.3. The van der Waals surface area contributed by atoms with E-state index in [2.05, 4.69) is 53.4 Å². The van der Waals surface area contributed by atoms with Crippen LogP contribution in [0, 0.1) is 0 Å². The highest BCUT2D eigenvalue weighted by atomic mass is 35.5. The molecule has 0 aromatic heterocycles. The Hall–Kier alpha value is -2.33. The van der Waals surface area contributed by atoms with Crippen molar-refractivity contribution >= 4 is 11.6 Å². The summed E-state index contributed by atoms with van der Waals surface area (Å²) in [5, 5.41) is 0.743. The summed E-state index contributed by atoms with van der Waals surface area (Å²) in [5.41, 5.74) is 3.60. The van der Waals surface area contributed by atoms with Crippen molar-refractivity contribution in [1.29, 1.82) is 0 Å². The fourth-order valence-corrected chi connectivity index (χ4v) is 4.24. The Labute approximate surface area is 184 Å². The Balaban J connectivity index is 1.44. The van der Waals surface area contributed by atoms with Crippen molar-refractivity contribution in [2.24, 2.45) is 0 Å². The van der Waals surface area contributed by atoms with Gasteiger partial charge in [-0.05, 0) is 60.3 Å². The van der Waals surface area contributed by atoms with E-state index in [0.29, 0.717) is 12.6 Å². The van der Waals surface area contributed by atoms with Gasteiger partial charge in [-0.3, -0.25) is 4.90 Å². The van der Waals surface area contributed by atoms with Crippen LogP contribution >= 0.6 is 11.6 Å². The summed E-state index contributed by atoms with van der Waals surface area (Å²) in [5.74, 6) is 0.897. The number of halogens is 1. The molecular weight excluding hydrogens is 394 g/mol. The molecular formula is C26H28ClNO2. The first-order valence-corrected chi connectivity index (χ1v) is 10.9. The summed E-state index contributed by atoms with van der Waals surface area (Å²) in [6.45, 7) is 2.75. The lowest BCUT2D eigenvalue weighted by Crippen LogP contribution is -2.33. The molecule has 1 heterocycles. The number of likely N-dealkylation sites (tertiary alicyclic amines) is 1. The molecule has 1 saturated heterocycles. The molecule has 2 atom stereocenters. The maximum atomic E-state index is 6.54. The van der Waals surface area contributed by atoms with E-state index in [4.69, 9.17) is 21.1 Å². The van der Waals surface area contributed by atoms with Crippen LogP contribution in [0.1, 0.15) is 35.6 Å². The molecule has 0 saturated carbocycles. The number of hydrogen-bond donors (Lipinski definition) is 0. The molecule has 0 aliphatic carbocycles. The van der Waals surface area contributed by atoms with Crippen molar-refractivity contribution in [2.75, 3.05) is 20.3 Å². The summed E-state index contributed by atoms with van der Waals surface area (Å²) in [4.78, 5) is 2.53. The van der Waals surface area contributed by atoms with Crippen LogP contribution in [-0.4, -0.2) is 31.2 Å². The zero-order chi connectivity index (χ0) is 20.8. The monoisotopic (exact) mass is 421 g/mol. The lowest BCUT2D eigenvalue weighted by atomic mass is 10.0. The minimum Gasteiger partial charge on any atom is -0.497 e. The van der Waals surface area contributed by atoms with Gasteiger partial charge in [0.1, 0.15) is 11.9 Å². The third-order valence-corrected chi connectivity index (χ3v) is 6.03. The summed E-state index contributed by atoms with van der Waals surface area (Å²) in [6.07, 6.45) is 2.28. The lowest BCUT2D eigenvalue weighted by molar-refractivity contribution is 0.0360. The van der Waals surface area contributed by atoms with Gasteiger partial charge in [0, 0.05) is 17.6 Å². The van der Waals surface area contributed by atoms with Gasteiger partial charge in [-0.15, -0.1) is 0 Å². The lowest BCUT2D eigenvalue weighted by Gasteiger charge is -2.27. The normalized spacial score (nSPS) is 17.7. The molecule has 1 aliphatic heterocycles. The predicted molar refractivity (Wildman–Crippen MR) is 122 cm³/mol. The van der Waals surface area contributed by atoms with E-state index in [-0.39, 0.29) is 6.10 Å². The summed E-state index contributed by atoms with van der Waals surface area (Å²) in [6, 6.07) is 27.2. The second kappa shape index (κ2) is 10.1. The molecule has 3 nitrogen and oxygen atoms in total. The van der Waals surface area contributed by atoms with Crippen molar-refractivity contribution in [3.63, 3.8) is 0 Å². The predicted octanol–water partition coefficient (Wildman–Crippen LogP) is 6.12. The second-order valence-electron chi connectivity index (χ2n) is 7.79. The highest BCUT2D eigenvalue weighted by Crippen LogP contribution is 2.29. The molecule has 1 fully saturated rings. The maximum absolute atomic E-state index is 6.54. The van der Waals surface area contributed by atoms with Crippen LogP contribution in [-0.2, 0) is 11.3 Å². The van der Waals surface area contributed by atoms with E-state index in [0.717, 1.165) is 35.8 Å². The van der Waals surface area contributed by atoms with Crippen molar-refractivity contribution in [1.82, 2.24) is 4.90 Å². The number of hydrogen-bond acceptors (Lipinski definition) is 3. The van der Waals surface area contributed by atoms with Gasteiger partial charge in [-0.25, -0.2) is 0 Å². The minimum absolute atomic E-state index is 0.0908. The molecule has 156 valence electrons. The first kappa shape index (κ1) is 20.9. The molecule has 4 heteroatoms. The number of methoxy groups -OCH3 is 1. The largest absolute Gasteiger partial charge is 0.497 e. The Bertz CT molecular complexity index is 912. The van der Waals surface area contributed by atoms with Crippen molar-refractivity contribution in [3.05, 3.63) is 101 Å². The molecule has 3 aromatic carbocycles. The van der Waals surface area contributed by atoms with Crippen LogP contribution in [0.2, 0.25) is 5.02 Å². The average molecular weight is 422 g/mol. The number of nitrogens with zero attached hydrogens (tertiary/aromatic N) is 1. The SMILES string of the molecule is COc1ccc(CN2CCC[C@H]2COC(c2ccccc2)c2ccc(Cl)cc2)cc1. The van der Waals surface area contributed by atoms with E-state index in [9.17, 15) is 0 Å². The minimum atomic E-state index is -0.0908. The third-order valence-electron chi connectivity index (χ3n) is 5.77. The Morgan fingerprint density at radius 2 is 1.63 bits per heavy atom. The Morgan fingerprint density at radius 1 is 0.933 bits per heavy atom. The van der Waals surface area contributed by atoms with Crippen LogP contribution in [0.3, 0.4) is 0 Å². The van der Waals surface area contributed by atoms with Crippen LogP contribution < -0.4 is 4.74 Å². The topological polar surface area (TPSA) is 21.7 Å². The molecule has 0 amide bonds. The van der Waals surface area contributed by atoms with Crippen molar-refractivity contribution in [3.8, 4) is 5.75 Å². The molecule has 3 aromatic rings. The van der Waals surface area contributed by atoms with Gasteiger partial charge in [-0.2, -0.15) is 0 Å². The molecule has 0 spiro atoms. The number of benzene rings is 3. The van der Waals surface area contributed by atoms with E-state index in [1.165, 1.54) is 17.5 Å². The molecule has 0 radical (unpaired) electrons. The first-order valence-electron chi connectivity index (χ1n) is 10.5. The first-order chi connectivity index (χ1) is 14.7. The van der Waals surface area contributed by atoms with E-state index >= 15 is 0 Å². The van der Waals surface area contributed by atoms with Crippen LogP contribution in [0.25, 0.3) is 0 Å². The van der Waals surface area contributed by atoms with E-state index in [1.807, 2.05) is 30.3 Å². The van der Waals surface area contributed by atoms with Gasteiger partial charge >= 0.3 is 0 Å². The van der Waals surface area contributed by atoms with Crippen LogP contribution in [0.5, 0.6) is 5.75 Å². The Morgan fingerprint density at radius 3 is 2.33 bits per heavy atom. The van der Waals surface area contributed by atoms with Gasteiger partial charge in [0.05, 0.1) is 13.7 Å². The fourth-order valence-electron chi connectivity index (χ4n) is 4.12. The molecule has 4 rings (SSSR count). The van der Waals surface area contributed by atoms with Crippen molar-refractivity contribution < 1.29 is 9.47 Å². The fraction of sp³-hybridized carbons (Fsp3) is 0.308. The second-order valence-corrected chi connectivity index (χ2v) is 8.23. The van der Waals surface area contributed by atoms with Gasteiger partial charge in [0.2, 0.25) is 0 Å². The standard InChI is InChI=1S/C26H28ClNO2/c1-29-25-15-9-20(10-16-25)18-28-17-5-8-24(28)19-30-26(21-6-3-2-4-7-21)22-11-13-23(27)14-12-22/h2-4,6-7,9-16,24,26H,5,8,17-19H2,1H3/t24-,26?/m0/s1. The molecule has 0 N–H and O–H groups in total. The van der Waals surface area contributed by atoms with E-state index in [1.54, 1.807) is 7.11 Å². The maximum Gasteiger partial charge on any atom is 0.118 e. The summed E-state index contributed by atoms with van der Waals surface area (Å²) >= 11 is 6.10. The average Bonchev–Trinajstić information content (AvgIpc) is 3.23. The smallest absolute Gasteiger partial charge is 0.118 e. The number of ether oxygens (including phenoxy) is 2. The summed E-state index contributed by atoms with van der Waals surface area (Å²) < 4.78 is 11.8. The van der Waals surface area contributed by atoms with Crippen LogP contribution in [0.15, 0.2) is 78.9 Å². The zero-order valence-corrected chi connectivity index (χ0v) is 18.1. The quantitative estimate of drug-likeness (QED) is 0.437. The highest BCUT2D eigenvalue weighted by molar-refractivity contribution is 6.30. The van der Waals surface area contributed by atoms with Gasteiger partial charge in [0.15, 0.2) is 0 Å². The molecule has 1 aliphatic rings. The van der Waals surface area contributed by atoms with Crippen molar-refractivity contribution in [2.45, 2.75) is 31.5 Å². The van der Waals surface area contributed by atoms with Gasteiger partial charge in [0.25, 0.3) is 0 Å². The molecule has 0 bridgehead atoms. The van der Waals surface area contributed by atoms with Gasteiger partial charge in [-0.1, -0.05) is 66.2 Å². The Kier molecular flexibility index (Phi) is 7.06. The number of rotatable bonds is 8. The highest BCUT2D eigenvalue weighted by Gasteiger charge is 2.26. The van der Waals surface area contributed by atoms with Gasteiger partial charge < -0.3 is 9.47 Å². The summed E-state index contributed by atoms with van der Waals surface area (Å²) in [7, 11) is 1.70. The molecule has 30 heavy (non-hydrogen) atoms. The van der Waals surface area contributed by atoms with E-state index < -0.39 is 0 Å². The molecule has 1 unspecified atom stereocenters.